The summed E-state index contributed by atoms with van der Waals surface area (Å²) >= 11 is 0. The van der Waals surface area contributed by atoms with E-state index in [4.69, 9.17) is 0 Å². The van der Waals surface area contributed by atoms with Gasteiger partial charge in [0.15, 0.2) is 0 Å². The van der Waals surface area contributed by atoms with Crippen LogP contribution in [0.3, 0.4) is 0 Å². The number of nitrogens with zero attached hydrogens (tertiary/aromatic N) is 1. The number of anilines is 1. The number of Topliss-reactive ketones (excluding diaryl/α,β-unsaturated/α-hetero) is 1. The van der Waals surface area contributed by atoms with Gasteiger partial charge >= 0.3 is 6.36 Å². The molecule has 2 amide bonds. The molecule has 3 aliphatic carbocycles. The van der Waals surface area contributed by atoms with Gasteiger partial charge in [-0.3, -0.25) is 14.4 Å². The van der Waals surface area contributed by atoms with E-state index in [-0.39, 0.29) is 17.4 Å². The molecule has 1 aliphatic heterocycles. The smallest absolute Gasteiger partial charge is 0.406 e. The molecule has 1 aromatic rings. The third-order valence-corrected chi connectivity index (χ3v) is 5.37. The second-order valence-corrected chi connectivity index (χ2v) is 6.72. The van der Waals surface area contributed by atoms with E-state index in [0.29, 0.717) is 12.8 Å². The molecule has 4 aliphatic rings. The predicted molar refractivity (Wildman–Crippen MR) is 78.4 cm³/mol. The van der Waals surface area contributed by atoms with Crippen molar-refractivity contribution in [3.05, 3.63) is 24.3 Å². The molecule has 3 saturated carbocycles. The summed E-state index contributed by atoms with van der Waals surface area (Å²) in [7, 11) is 0. The second kappa shape index (κ2) is 5.31. The third kappa shape index (κ3) is 2.51. The van der Waals surface area contributed by atoms with E-state index in [1.54, 1.807) is 0 Å². The lowest BCUT2D eigenvalue weighted by Crippen LogP contribution is -2.46. The quantitative estimate of drug-likeness (QED) is 0.767. The number of benzene rings is 1. The Labute approximate surface area is 140 Å². The highest BCUT2D eigenvalue weighted by atomic mass is 19.4. The molecular formula is C17H14F3NO4. The zero-order chi connectivity index (χ0) is 17.9. The summed E-state index contributed by atoms with van der Waals surface area (Å²) in [5.74, 6) is -3.25. The van der Waals surface area contributed by atoms with Crippen molar-refractivity contribution in [2.45, 2.75) is 25.6 Å². The van der Waals surface area contributed by atoms with E-state index < -0.39 is 41.7 Å². The number of carbonyl (C=O) groups excluding carboxylic acids is 3. The monoisotopic (exact) mass is 353 g/mol. The number of rotatable bonds is 2. The number of carbonyl (C=O) groups is 3. The Kier molecular flexibility index (Phi) is 3.42. The Morgan fingerprint density at radius 1 is 1.04 bits per heavy atom. The standard InChI is InChI=1S/C17H14F3NO4/c18-17(19,20)25-10-3-1-2-9(7-10)21-15(23)13-8-4-5-11(12(22)6-8)14(13)16(21)24/h1-3,7-8,11,13-14H,4-6H2/t8-,11+,13+,14-/m0/s1. The number of alkyl halides is 3. The normalized spacial score (nSPS) is 31.5. The van der Waals surface area contributed by atoms with Crippen LogP contribution in [-0.2, 0) is 14.4 Å². The van der Waals surface area contributed by atoms with Gasteiger partial charge in [-0.05, 0) is 30.9 Å². The molecule has 5 rings (SSSR count). The van der Waals surface area contributed by atoms with Crippen LogP contribution in [0.15, 0.2) is 24.3 Å². The third-order valence-electron chi connectivity index (χ3n) is 5.37. The van der Waals surface area contributed by atoms with Crippen molar-refractivity contribution in [3.63, 3.8) is 0 Å². The van der Waals surface area contributed by atoms with Crippen LogP contribution < -0.4 is 9.64 Å². The fraction of sp³-hybridized carbons (Fsp3) is 0.471. The summed E-state index contributed by atoms with van der Waals surface area (Å²) in [6.07, 6.45) is -3.25. The number of halogens is 3. The summed E-state index contributed by atoms with van der Waals surface area (Å²) in [5.41, 5.74) is 0.0398. The van der Waals surface area contributed by atoms with E-state index in [2.05, 4.69) is 4.74 Å². The van der Waals surface area contributed by atoms with Crippen molar-refractivity contribution in [3.8, 4) is 5.75 Å². The lowest BCUT2D eigenvalue weighted by atomic mass is 9.59. The molecule has 132 valence electrons. The topological polar surface area (TPSA) is 63.7 Å². The van der Waals surface area contributed by atoms with Crippen LogP contribution in [0, 0.1) is 23.7 Å². The van der Waals surface area contributed by atoms with Gasteiger partial charge in [0, 0.05) is 18.4 Å². The van der Waals surface area contributed by atoms with E-state index in [0.717, 1.165) is 23.5 Å². The Hall–Kier alpha value is -2.38. The Bertz CT molecular complexity index is 775. The minimum Gasteiger partial charge on any atom is -0.406 e. The van der Waals surface area contributed by atoms with Crippen LogP contribution in [0.4, 0.5) is 18.9 Å². The summed E-state index contributed by atoms with van der Waals surface area (Å²) in [6.45, 7) is 0. The molecule has 2 bridgehead atoms. The minimum absolute atomic E-state index is 0.00894. The fourth-order valence-corrected chi connectivity index (χ4v) is 4.46. The number of imide groups is 1. The zero-order valence-corrected chi connectivity index (χ0v) is 13.0. The van der Waals surface area contributed by atoms with Crippen molar-refractivity contribution in [1.29, 1.82) is 0 Å². The van der Waals surface area contributed by atoms with E-state index in [9.17, 15) is 27.6 Å². The van der Waals surface area contributed by atoms with Crippen molar-refractivity contribution in [2.75, 3.05) is 4.90 Å². The first-order chi connectivity index (χ1) is 11.8. The van der Waals surface area contributed by atoms with Crippen LogP contribution in [0.5, 0.6) is 5.75 Å². The van der Waals surface area contributed by atoms with E-state index in [1.807, 2.05) is 0 Å². The molecule has 1 aromatic carbocycles. The largest absolute Gasteiger partial charge is 0.573 e. The lowest BCUT2D eigenvalue weighted by molar-refractivity contribution is -0.274. The number of hydrogen-bond donors (Lipinski definition) is 0. The average Bonchev–Trinajstić information content (AvgIpc) is 2.79. The van der Waals surface area contributed by atoms with Crippen LogP contribution in [0.25, 0.3) is 0 Å². The molecule has 0 aromatic heterocycles. The van der Waals surface area contributed by atoms with Gasteiger partial charge in [-0.15, -0.1) is 13.2 Å². The van der Waals surface area contributed by atoms with Crippen LogP contribution in [-0.4, -0.2) is 24.0 Å². The van der Waals surface area contributed by atoms with Crippen molar-refractivity contribution in [2.24, 2.45) is 23.7 Å². The average molecular weight is 353 g/mol. The maximum Gasteiger partial charge on any atom is 0.573 e. The van der Waals surface area contributed by atoms with Gasteiger partial charge in [-0.1, -0.05) is 6.07 Å². The molecule has 0 radical (unpaired) electrons. The Morgan fingerprint density at radius 2 is 1.76 bits per heavy atom. The van der Waals surface area contributed by atoms with Crippen molar-refractivity contribution in [1.82, 2.24) is 0 Å². The summed E-state index contributed by atoms with van der Waals surface area (Å²) < 4.78 is 41.0. The second-order valence-electron chi connectivity index (χ2n) is 6.72. The zero-order valence-electron chi connectivity index (χ0n) is 13.0. The molecule has 5 nitrogen and oxygen atoms in total. The highest BCUT2D eigenvalue weighted by molar-refractivity contribution is 6.23. The van der Waals surface area contributed by atoms with Crippen molar-refractivity contribution < 1.29 is 32.3 Å². The van der Waals surface area contributed by atoms with Gasteiger partial charge in [0.05, 0.1) is 17.5 Å². The molecule has 0 unspecified atom stereocenters. The first-order valence-electron chi connectivity index (χ1n) is 8.02. The van der Waals surface area contributed by atoms with E-state index >= 15 is 0 Å². The van der Waals surface area contributed by atoms with Gasteiger partial charge in [-0.25, -0.2) is 4.90 Å². The molecule has 1 heterocycles. The van der Waals surface area contributed by atoms with Crippen molar-refractivity contribution >= 4 is 23.3 Å². The highest BCUT2D eigenvalue weighted by Gasteiger charge is 2.61. The number of hydrogen-bond acceptors (Lipinski definition) is 4. The maximum atomic E-state index is 12.8. The Morgan fingerprint density at radius 3 is 2.44 bits per heavy atom. The maximum absolute atomic E-state index is 12.8. The van der Waals surface area contributed by atoms with Gasteiger partial charge in [0.25, 0.3) is 0 Å². The Balaban J connectivity index is 1.68. The molecule has 8 heteroatoms. The van der Waals surface area contributed by atoms with Gasteiger partial charge in [-0.2, -0.15) is 0 Å². The number of amides is 2. The summed E-state index contributed by atoms with van der Waals surface area (Å²) in [4.78, 5) is 38.5. The fourth-order valence-electron chi connectivity index (χ4n) is 4.46. The molecular weight excluding hydrogens is 339 g/mol. The van der Waals surface area contributed by atoms with Gasteiger partial charge < -0.3 is 4.74 Å². The number of ether oxygens (including phenoxy) is 1. The summed E-state index contributed by atoms with van der Waals surface area (Å²) in [6, 6.07) is 4.80. The molecule has 4 fully saturated rings. The highest BCUT2D eigenvalue weighted by Crippen LogP contribution is 2.52. The summed E-state index contributed by atoms with van der Waals surface area (Å²) in [5, 5.41) is 0. The predicted octanol–water partition coefficient (Wildman–Crippen LogP) is 2.69. The number of ketones is 1. The van der Waals surface area contributed by atoms with Crippen LogP contribution >= 0.6 is 0 Å². The minimum atomic E-state index is -4.86. The van der Waals surface area contributed by atoms with E-state index in [1.165, 1.54) is 12.1 Å². The number of fused-ring (bicyclic) bond motifs is 2. The van der Waals surface area contributed by atoms with Gasteiger partial charge in [0.2, 0.25) is 11.8 Å². The molecule has 0 spiro atoms. The molecule has 0 N–H and O–H groups in total. The first-order valence-corrected chi connectivity index (χ1v) is 8.02. The molecule has 1 saturated heterocycles. The SMILES string of the molecule is O=C1C[C@@H]2CC[C@H]1[C@@H]1C(=O)N(c3cccc(OC(F)(F)F)c3)C(=O)[C@H]21. The van der Waals surface area contributed by atoms with Crippen LogP contribution in [0.1, 0.15) is 19.3 Å². The molecule has 25 heavy (non-hydrogen) atoms. The first kappa shape index (κ1) is 16.1. The van der Waals surface area contributed by atoms with Crippen LogP contribution in [0.2, 0.25) is 0 Å². The molecule has 4 atom stereocenters. The lowest BCUT2D eigenvalue weighted by Gasteiger charge is -2.41. The van der Waals surface area contributed by atoms with Gasteiger partial charge in [0.1, 0.15) is 11.5 Å².